The Morgan fingerprint density at radius 1 is 1.17 bits per heavy atom. The van der Waals surface area contributed by atoms with Gasteiger partial charge in [-0.2, -0.15) is 5.26 Å². The molecule has 1 atom stereocenters. The maximum absolute atomic E-state index is 12.6. The molecule has 1 saturated heterocycles. The van der Waals surface area contributed by atoms with E-state index in [9.17, 15) is 10.1 Å². The monoisotopic (exact) mass is 331 g/mol. The van der Waals surface area contributed by atoms with Crippen LogP contribution in [0.25, 0.3) is 0 Å². The molecule has 0 aromatic carbocycles. The zero-order valence-electron chi connectivity index (χ0n) is 13.9. The summed E-state index contributed by atoms with van der Waals surface area (Å²) in [5, 5.41) is 13.4. The third kappa shape index (κ3) is 3.59. The summed E-state index contributed by atoms with van der Waals surface area (Å²) in [5.41, 5.74) is 1.90. The number of fused-ring (bicyclic) bond motifs is 1. The second-order valence-electron chi connectivity index (χ2n) is 6.64. The molecule has 0 saturated carbocycles. The van der Waals surface area contributed by atoms with Crippen LogP contribution < -0.4 is 5.32 Å². The summed E-state index contributed by atoms with van der Waals surface area (Å²) in [6, 6.07) is 2.22. The summed E-state index contributed by atoms with van der Waals surface area (Å²) in [5.74, 6) is 0.0276. The molecule has 1 aliphatic carbocycles. The molecular weight excluding hydrogens is 306 g/mol. The number of carbonyl (C=O) groups is 1. The molecule has 1 amide bonds. The van der Waals surface area contributed by atoms with E-state index in [0.717, 1.165) is 37.4 Å². The van der Waals surface area contributed by atoms with Crippen molar-refractivity contribution in [2.75, 3.05) is 18.4 Å². The van der Waals surface area contributed by atoms with Gasteiger partial charge in [0, 0.05) is 4.88 Å². The number of thiophene rings is 1. The first kappa shape index (κ1) is 16.5. The fourth-order valence-electron chi connectivity index (χ4n) is 3.64. The van der Waals surface area contributed by atoms with Crippen LogP contribution in [0.2, 0.25) is 0 Å². The van der Waals surface area contributed by atoms with Gasteiger partial charge in [0.05, 0.1) is 11.6 Å². The summed E-state index contributed by atoms with van der Waals surface area (Å²) >= 11 is 1.62. The predicted molar refractivity (Wildman–Crippen MR) is 93.8 cm³/mol. The highest BCUT2D eigenvalue weighted by atomic mass is 32.1. The van der Waals surface area contributed by atoms with Gasteiger partial charge in [0.1, 0.15) is 11.1 Å². The molecule has 23 heavy (non-hydrogen) atoms. The second kappa shape index (κ2) is 7.46. The van der Waals surface area contributed by atoms with E-state index >= 15 is 0 Å². The summed E-state index contributed by atoms with van der Waals surface area (Å²) in [6.45, 7) is 3.98. The predicted octanol–water partition coefficient (Wildman–Crippen LogP) is 3.70. The minimum atomic E-state index is -0.122. The number of nitrogens with one attached hydrogen (secondary N) is 1. The van der Waals surface area contributed by atoms with Gasteiger partial charge in [-0.25, -0.2) is 0 Å². The fraction of sp³-hybridized carbons (Fsp3) is 0.667. The number of aryl methyl sites for hydroxylation is 1. The number of hydrogen-bond acceptors (Lipinski definition) is 4. The number of carbonyl (C=O) groups excluding carboxylic acids is 1. The molecule has 124 valence electrons. The van der Waals surface area contributed by atoms with E-state index in [2.05, 4.69) is 16.3 Å². The van der Waals surface area contributed by atoms with Gasteiger partial charge >= 0.3 is 0 Å². The van der Waals surface area contributed by atoms with E-state index in [-0.39, 0.29) is 11.9 Å². The minimum Gasteiger partial charge on any atom is -0.315 e. The summed E-state index contributed by atoms with van der Waals surface area (Å²) in [4.78, 5) is 16.2. The largest absolute Gasteiger partial charge is 0.315 e. The Morgan fingerprint density at radius 2 is 1.87 bits per heavy atom. The maximum atomic E-state index is 12.6. The van der Waals surface area contributed by atoms with Crippen LogP contribution in [-0.2, 0) is 17.6 Å². The first-order valence-corrected chi connectivity index (χ1v) is 9.62. The Hall–Kier alpha value is -1.38. The summed E-state index contributed by atoms with van der Waals surface area (Å²) in [6.07, 6.45) is 9.22. The number of nitriles is 1. The van der Waals surface area contributed by atoms with Crippen LogP contribution in [0.4, 0.5) is 5.00 Å². The van der Waals surface area contributed by atoms with Crippen molar-refractivity contribution < 1.29 is 4.79 Å². The first-order valence-electron chi connectivity index (χ1n) is 8.80. The molecule has 0 radical (unpaired) electrons. The van der Waals surface area contributed by atoms with E-state index in [4.69, 9.17) is 0 Å². The standard InChI is InChI=1S/C18H25N3OS/c1-13(21-10-6-3-7-11-21)17(22)20-18-15(12-19)14-8-4-2-5-9-16(14)23-18/h13H,2-11H2,1H3,(H,20,22)/t13-/m1/s1. The number of nitrogens with zero attached hydrogens (tertiary/aromatic N) is 2. The van der Waals surface area contributed by atoms with Gasteiger partial charge in [0.2, 0.25) is 5.91 Å². The Labute approximate surface area is 142 Å². The highest BCUT2D eigenvalue weighted by Gasteiger charge is 2.26. The van der Waals surface area contributed by atoms with E-state index in [1.54, 1.807) is 11.3 Å². The van der Waals surface area contributed by atoms with Gasteiger partial charge in [-0.15, -0.1) is 11.3 Å². The molecule has 1 N–H and O–H groups in total. The van der Waals surface area contributed by atoms with Crippen LogP contribution in [-0.4, -0.2) is 29.9 Å². The Bertz CT molecular complexity index is 611. The molecule has 1 aliphatic heterocycles. The molecule has 4 nitrogen and oxygen atoms in total. The third-order valence-corrected chi connectivity index (χ3v) is 6.29. The van der Waals surface area contributed by atoms with Crippen LogP contribution in [0, 0.1) is 11.3 Å². The lowest BCUT2D eigenvalue weighted by molar-refractivity contribution is -0.121. The van der Waals surface area contributed by atoms with Gasteiger partial charge in [0.15, 0.2) is 0 Å². The highest BCUT2D eigenvalue weighted by molar-refractivity contribution is 7.16. The van der Waals surface area contributed by atoms with Crippen molar-refractivity contribution in [1.29, 1.82) is 5.26 Å². The molecule has 2 heterocycles. The van der Waals surface area contributed by atoms with Gasteiger partial charge < -0.3 is 5.32 Å². The van der Waals surface area contributed by atoms with Gasteiger partial charge in [-0.05, 0) is 64.1 Å². The van der Waals surface area contributed by atoms with Crippen molar-refractivity contribution in [1.82, 2.24) is 4.90 Å². The molecule has 5 heteroatoms. The van der Waals surface area contributed by atoms with Crippen molar-refractivity contribution in [2.45, 2.75) is 64.3 Å². The average Bonchev–Trinajstić information content (AvgIpc) is 2.74. The summed E-state index contributed by atoms with van der Waals surface area (Å²) in [7, 11) is 0. The zero-order valence-corrected chi connectivity index (χ0v) is 14.7. The van der Waals surface area contributed by atoms with Crippen LogP contribution in [0.3, 0.4) is 0 Å². The number of rotatable bonds is 3. The molecule has 1 aromatic heterocycles. The lowest BCUT2D eigenvalue weighted by Gasteiger charge is -2.31. The van der Waals surface area contributed by atoms with Crippen LogP contribution in [0.1, 0.15) is 61.5 Å². The van der Waals surface area contributed by atoms with Crippen molar-refractivity contribution in [2.24, 2.45) is 0 Å². The molecule has 2 aliphatic rings. The smallest absolute Gasteiger partial charge is 0.242 e. The van der Waals surface area contributed by atoms with Crippen LogP contribution >= 0.6 is 11.3 Å². The SMILES string of the molecule is C[C@H](C(=O)Nc1sc2c(c1C#N)CCCCC2)N1CCCCC1. The van der Waals surface area contributed by atoms with Crippen LogP contribution in [0.5, 0.6) is 0 Å². The normalized spacial score (nSPS) is 20.2. The highest BCUT2D eigenvalue weighted by Crippen LogP contribution is 2.37. The molecule has 0 spiro atoms. The Kier molecular flexibility index (Phi) is 5.34. The van der Waals surface area contributed by atoms with Gasteiger partial charge in [-0.1, -0.05) is 12.8 Å². The molecule has 1 fully saturated rings. The van der Waals surface area contributed by atoms with Crippen molar-refractivity contribution in [3.05, 3.63) is 16.0 Å². The van der Waals surface area contributed by atoms with Gasteiger partial charge in [0.25, 0.3) is 0 Å². The fourth-order valence-corrected chi connectivity index (χ4v) is 4.88. The number of piperidine rings is 1. The maximum Gasteiger partial charge on any atom is 0.242 e. The van der Waals surface area contributed by atoms with Gasteiger partial charge in [-0.3, -0.25) is 9.69 Å². The van der Waals surface area contributed by atoms with Crippen molar-refractivity contribution in [3.63, 3.8) is 0 Å². The van der Waals surface area contributed by atoms with E-state index in [1.807, 2.05) is 6.92 Å². The van der Waals surface area contributed by atoms with Crippen LogP contribution in [0.15, 0.2) is 0 Å². The van der Waals surface area contributed by atoms with E-state index < -0.39 is 0 Å². The number of hydrogen-bond donors (Lipinski definition) is 1. The quantitative estimate of drug-likeness (QED) is 0.859. The lowest BCUT2D eigenvalue weighted by Crippen LogP contribution is -2.44. The second-order valence-corrected chi connectivity index (χ2v) is 7.75. The van der Waals surface area contributed by atoms with E-state index in [1.165, 1.54) is 42.5 Å². The summed E-state index contributed by atoms with van der Waals surface area (Å²) < 4.78 is 0. The molecular formula is C18H25N3OS. The molecule has 0 bridgehead atoms. The molecule has 1 aromatic rings. The third-order valence-electron chi connectivity index (χ3n) is 5.09. The number of likely N-dealkylation sites (tertiary alicyclic amines) is 1. The number of anilines is 1. The molecule has 0 unspecified atom stereocenters. The topological polar surface area (TPSA) is 56.1 Å². The first-order chi connectivity index (χ1) is 11.2. The van der Waals surface area contributed by atoms with Crippen molar-refractivity contribution >= 4 is 22.2 Å². The van der Waals surface area contributed by atoms with E-state index in [0.29, 0.717) is 5.56 Å². The zero-order chi connectivity index (χ0) is 16.2. The lowest BCUT2D eigenvalue weighted by atomic mass is 10.1. The van der Waals surface area contributed by atoms with Crippen molar-refractivity contribution in [3.8, 4) is 6.07 Å². The Morgan fingerprint density at radius 3 is 2.61 bits per heavy atom. The number of amides is 1. The average molecular weight is 331 g/mol. The molecule has 3 rings (SSSR count). The Balaban J connectivity index is 1.74. The minimum absolute atomic E-state index is 0.0276.